The van der Waals surface area contributed by atoms with Crippen molar-refractivity contribution in [2.24, 2.45) is 0 Å². The van der Waals surface area contributed by atoms with Crippen LogP contribution in [0.5, 0.6) is 0 Å². The molecule has 1 aliphatic rings. The molecule has 0 spiro atoms. The van der Waals surface area contributed by atoms with Crippen LogP contribution < -0.4 is 5.32 Å². The fraction of sp³-hybridized carbons (Fsp3) is 0.538. The van der Waals surface area contributed by atoms with Crippen LogP contribution in [-0.2, 0) is 6.54 Å². The third-order valence-corrected chi connectivity index (χ3v) is 3.49. The lowest BCUT2D eigenvalue weighted by Crippen LogP contribution is -2.56. The van der Waals surface area contributed by atoms with E-state index in [-0.39, 0.29) is 0 Å². The highest BCUT2D eigenvalue weighted by atomic mass is 35.5. The van der Waals surface area contributed by atoms with Crippen molar-refractivity contribution in [2.75, 3.05) is 19.6 Å². The molecule has 1 heterocycles. The largest absolute Gasteiger partial charge is 0.314 e. The summed E-state index contributed by atoms with van der Waals surface area (Å²) in [6, 6.07) is 8.83. The highest BCUT2D eigenvalue weighted by molar-refractivity contribution is 6.31. The maximum atomic E-state index is 6.19. The summed E-state index contributed by atoms with van der Waals surface area (Å²) in [5.74, 6) is 0. The average Bonchev–Trinajstić information content (AvgIpc) is 2.19. The molecule has 0 saturated carbocycles. The summed E-state index contributed by atoms with van der Waals surface area (Å²) in [4.78, 5) is 2.53. The number of benzene rings is 1. The standard InChI is InChI=1S/C13H19ClN2/c1-2-7-16(12-8-15-9-12)10-11-5-3-4-6-13(11)14/h3-6,12,15H,2,7-10H2,1H3. The van der Waals surface area contributed by atoms with Crippen LogP contribution in [-0.4, -0.2) is 30.6 Å². The minimum Gasteiger partial charge on any atom is -0.314 e. The second-order valence-electron chi connectivity index (χ2n) is 4.37. The molecule has 1 N–H and O–H groups in total. The van der Waals surface area contributed by atoms with Crippen LogP contribution in [0.25, 0.3) is 0 Å². The van der Waals surface area contributed by atoms with Gasteiger partial charge in [0.15, 0.2) is 0 Å². The second-order valence-corrected chi connectivity index (χ2v) is 4.78. The summed E-state index contributed by atoms with van der Waals surface area (Å²) in [6.45, 7) is 6.58. The molecule has 0 unspecified atom stereocenters. The SMILES string of the molecule is CCCN(Cc1ccccc1Cl)C1CNC1. The summed E-state index contributed by atoms with van der Waals surface area (Å²) in [5.41, 5.74) is 1.24. The maximum Gasteiger partial charge on any atom is 0.0451 e. The van der Waals surface area contributed by atoms with E-state index in [9.17, 15) is 0 Å². The number of nitrogens with one attached hydrogen (secondary N) is 1. The van der Waals surface area contributed by atoms with Crippen molar-refractivity contribution in [3.63, 3.8) is 0 Å². The van der Waals surface area contributed by atoms with Crippen LogP contribution in [0.1, 0.15) is 18.9 Å². The van der Waals surface area contributed by atoms with Crippen LogP contribution >= 0.6 is 11.6 Å². The van der Waals surface area contributed by atoms with Gasteiger partial charge in [-0.2, -0.15) is 0 Å². The van der Waals surface area contributed by atoms with Crippen LogP contribution in [0.2, 0.25) is 5.02 Å². The minimum atomic E-state index is 0.691. The minimum absolute atomic E-state index is 0.691. The summed E-state index contributed by atoms with van der Waals surface area (Å²) in [5, 5.41) is 4.21. The van der Waals surface area contributed by atoms with Gasteiger partial charge in [-0.25, -0.2) is 0 Å². The maximum absolute atomic E-state index is 6.19. The number of rotatable bonds is 5. The Bertz CT molecular complexity index is 336. The topological polar surface area (TPSA) is 15.3 Å². The zero-order chi connectivity index (χ0) is 11.4. The Morgan fingerprint density at radius 3 is 2.69 bits per heavy atom. The van der Waals surface area contributed by atoms with Gasteiger partial charge < -0.3 is 5.32 Å². The fourth-order valence-electron chi connectivity index (χ4n) is 2.06. The van der Waals surface area contributed by atoms with E-state index < -0.39 is 0 Å². The van der Waals surface area contributed by atoms with Crippen molar-refractivity contribution < 1.29 is 0 Å². The molecule has 1 fully saturated rings. The first-order valence-corrected chi connectivity index (χ1v) is 6.37. The van der Waals surface area contributed by atoms with Gasteiger partial charge in [-0.15, -0.1) is 0 Å². The van der Waals surface area contributed by atoms with Gasteiger partial charge in [-0.3, -0.25) is 4.90 Å². The Kier molecular flexibility index (Phi) is 4.22. The molecule has 0 bridgehead atoms. The smallest absolute Gasteiger partial charge is 0.0451 e. The molecule has 2 nitrogen and oxygen atoms in total. The van der Waals surface area contributed by atoms with Crippen molar-refractivity contribution in [3.8, 4) is 0 Å². The molecular formula is C13H19ClN2. The van der Waals surface area contributed by atoms with Crippen molar-refractivity contribution in [1.29, 1.82) is 0 Å². The number of hydrogen-bond acceptors (Lipinski definition) is 2. The lowest BCUT2D eigenvalue weighted by Gasteiger charge is -2.38. The van der Waals surface area contributed by atoms with E-state index in [1.165, 1.54) is 12.0 Å². The summed E-state index contributed by atoms with van der Waals surface area (Å²) >= 11 is 6.19. The first-order chi connectivity index (χ1) is 7.81. The Balaban J connectivity index is 2.01. The van der Waals surface area contributed by atoms with E-state index in [4.69, 9.17) is 11.6 Å². The Morgan fingerprint density at radius 2 is 2.12 bits per heavy atom. The van der Waals surface area contributed by atoms with Crippen LogP contribution in [0, 0.1) is 0 Å². The fourth-order valence-corrected chi connectivity index (χ4v) is 2.25. The molecule has 2 rings (SSSR count). The third kappa shape index (κ3) is 2.76. The molecule has 0 amide bonds. The molecule has 16 heavy (non-hydrogen) atoms. The molecule has 1 aromatic carbocycles. The Labute approximate surface area is 103 Å². The summed E-state index contributed by atoms with van der Waals surface area (Å²) in [6.07, 6.45) is 1.20. The first kappa shape index (κ1) is 11.9. The molecule has 1 aliphatic heterocycles. The van der Waals surface area contributed by atoms with E-state index in [0.717, 1.165) is 31.2 Å². The third-order valence-electron chi connectivity index (χ3n) is 3.12. The van der Waals surface area contributed by atoms with E-state index in [1.54, 1.807) is 0 Å². The van der Waals surface area contributed by atoms with Gasteiger partial charge >= 0.3 is 0 Å². The summed E-state index contributed by atoms with van der Waals surface area (Å²) < 4.78 is 0. The molecule has 0 atom stereocenters. The molecule has 0 aromatic heterocycles. The predicted octanol–water partition coefficient (Wildman–Crippen LogP) is 2.52. The van der Waals surface area contributed by atoms with Gasteiger partial charge in [0, 0.05) is 30.7 Å². The van der Waals surface area contributed by atoms with Gasteiger partial charge in [0.2, 0.25) is 0 Å². The van der Waals surface area contributed by atoms with Gasteiger partial charge in [-0.1, -0.05) is 36.7 Å². The molecule has 0 aliphatic carbocycles. The molecular weight excluding hydrogens is 220 g/mol. The average molecular weight is 239 g/mol. The van der Waals surface area contributed by atoms with Gasteiger partial charge in [0.05, 0.1) is 0 Å². The normalized spacial score (nSPS) is 16.4. The highest BCUT2D eigenvalue weighted by Gasteiger charge is 2.24. The van der Waals surface area contributed by atoms with Gasteiger partial charge in [-0.05, 0) is 24.6 Å². The van der Waals surface area contributed by atoms with Crippen LogP contribution in [0.3, 0.4) is 0 Å². The van der Waals surface area contributed by atoms with Crippen LogP contribution in [0.4, 0.5) is 0 Å². The zero-order valence-electron chi connectivity index (χ0n) is 9.75. The van der Waals surface area contributed by atoms with Crippen molar-refractivity contribution in [2.45, 2.75) is 25.9 Å². The van der Waals surface area contributed by atoms with Crippen LogP contribution in [0.15, 0.2) is 24.3 Å². The Hall–Kier alpha value is -0.570. The van der Waals surface area contributed by atoms with Crippen molar-refractivity contribution >= 4 is 11.6 Å². The van der Waals surface area contributed by atoms with E-state index in [0.29, 0.717) is 6.04 Å². The molecule has 1 saturated heterocycles. The number of halogens is 1. The molecule has 88 valence electrons. The molecule has 1 aromatic rings. The predicted molar refractivity (Wildman–Crippen MR) is 68.8 cm³/mol. The van der Waals surface area contributed by atoms with Gasteiger partial charge in [0.1, 0.15) is 0 Å². The lowest BCUT2D eigenvalue weighted by molar-refractivity contribution is 0.138. The van der Waals surface area contributed by atoms with E-state index >= 15 is 0 Å². The monoisotopic (exact) mass is 238 g/mol. The lowest BCUT2D eigenvalue weighted by atomic mass is 10.1. The highest BCUT2D eigenvalue weighted by Crippen LogP contribution is 2.19. The first-order valence-electron chi connectivity index (χ1n) is 5.99. The Morgan fingerprint density at radius 1 is 1.38 bits per heavy atom. The van der Waals surface area contributed by atoms with E-state index in [1.807, 2.05) is 12.1 Å². The molecule has 0 radical (unpaired) electrons. The second kappa shape index (κ2) is 5.67. The molecule has 3 heteroatoms. The zero-order valence-corrected chi connectivity index (χ0v) is 10.5. The van der Waals surface area contributed by atoms with Gasteiger partial charge in [0.25, 0.3) is 0 Å². The quantitative estimate of drug-likeness (QED) is 0.848. The van der Waals surface area contributed by atoms with Crippen molar-refractivity contribution in [3.05, 3.63) is 34.9 Å². The van der Waals surface area contributed by atoms with Crippen molar-refractivity contribution in [1.82, 2.24) is 10.2 Å². The number of hydrogen-bond donors (Lipinski definition) is 1. The van der Waals surface area contributed by atoms with E-state index in [2.05, 4.69) is 29.3 Å². The summed E-state index contributed by atoms with van der Waals surface area (Å²) in [7, 11) is 0. The number of nitrogens with zero attached hydrogens (tertiary/aromatic N) is 1.